The van der Waals surface area contributed by atoms with E-state index in [0.29, 0.717) is 34.0 Å². The Morgan fingerprint density at radius 3 is 1.34 bits per heavy atom. The van der Waals surface area contributed by atoms with Gasteiger partial charge in [0.05, 0.1) is 18.0 Å². The molecule has 0 bridgehead atoms. The first-order valence-corrected chi connectivity index (χ1v) is 11.2. The quantitative estimate of drug-likeness (QED) is 0.244. The molecule has 0 spiro atoms. The van der Waals surface area contributed by atoms with Crippen LogP contribution in [0, 0.1) is 13.8 Å². The number of aromatic nitrogens is 6. The van der Waals surface area contributed by atoms with Gasteiger partial charge in [-0.05, 0) is 48.2 Å². The van der Waals surface area contributed by atoms with Crippen molar-refractivity contribution in [2.75, 3.05) is 0 Å². The molecule has 14 heteroatoms. The van der Waals surface area contributed by atoms with Crippen LogP contribution in [0.2, 0.25) is 0 Å². The Morgan fingerprint density at radius 1 is 0.632 bits per heavy atom. The third kappa shape index (κ3) is 7.19. The van der Waals surface area contributed by atoms with Crippen molar-refractivity contribution >= 4 is 11.6 Å². The summed E-state index contributed by atoms with van der Waals surface area (Å²) in [5.74, 6) is -2.05. The van der Waals surface area contributed by atoms with Gasteiger partial charge in [0, 0.05) is 54.2 Å². The fourth-order valence-electron chi connectivity index (χ4n) is 2.97. The maximum atomic E-state index is 12.3. The van der Waals surface area contributed by atoms with Crippen LogP contribution < -0.4 is 0 Å². The van der Waals surface area contributed by atoms with Crippen LogP contribution in [-0.2, 0) is 24.8 Å². The molecular weight excluding hydrogens is 538 g/mol. The van der Waals surface area contributed by atoms with Crippen LogP contribution in [0.4, 0.5) is 26.3 Å². The van der Waals surface area contributed by atoms with Crippen molar-refractivity contribution in [1.82, 2.24) is 29.9 Å². The minimum Gasteiger partial charge on any atom is -0.392 e. The lowest BCUT2D eigenvalue weighted by Gasteiger charge is -2.07. The van der Waals surface area contributed by atoms with Crippen LogP contribution in [0.25, 0.3) is 22.5 Å². The lowest BCUT2D eigenvalue weighted by atomic mass is 10.1. The number of aliphatic hydroxyl groups excluding tert-OH is 1. The Balaban J connectivity index is 0.000000211. The van der Waals surface area contributed by atoms with Gasteiger partial charge in [0.15, 0.2) is 0 Å². The van der Waals surface area contributed by atoms with E-state index in [0.717, 1.165) is 41.5 Å². The number of aliphatic hydroxyl groups is 1. The Labute approximate surface area is 217 Å². The standard InChI is InChI=1S/C12H9ClF3N3.C12H10F3N3O/c1-7-4-17-10(2-8(7)3-13)9-5-18-11(19-6-9)12(14,15)16;1-7-3-16-10(2-8(7)6-19)9-4-17-11(18-5-9)12(13,14)15/h2,4-6H,3H2,1H3;2-5,19H,6H2,1H3. The van der Waals surface area contributed by atoms with Crippen molar-refractivity contribution in [2.45, 2.75) is 38.7 Å². The number of nitrogens with zero attached hydrogens (tertiary/aromatic N) is 6. The molecule has 0 aromatic carbocycles. The summed E-state index contributed by atoms with van der Waals surface area (Å²) in [5.41, 5.74) is 4.95. The lowest BCUT2D eigenvalue weighted by molar-refractivity contribution is -0.145. The molecule has 0 aliphatic carbocycles. The van der Waals surface area contributed by atoms with Gasteiger partial charge in [0.2, 0.25) is 11.6 Å². The van der Waals surface area contributed by atoms with Crippen LogP contribution in [0.1, 0.15) is 33.9 Å². The molecule has 1 N–H and O–H groups in total. The molecule has 0 amide bonds. The highest BCUT2D eigenvalue weighted by molar-refractivity contribution is 6.17. The molecule has 0 aliphatic heterocycles. The predicted octanol–water partition coefficient (Wildman–Crippen LogP) is 5.96. The number of hydrogen-bond donors (Lipinski definition) is 1. The second kappa shape index (κ2) is 11.8. The molecule has 0 saturated heterocycles. The Morgan fingerprint density at radius 2 is 1.00 bits per heavy atom. The average Bonchev–Trinajstić information content (AvgIpc) is 2.89. The van der Waals surface area contributed by atoms with Crippen molar-refractivity contribution in [3.63, 3.8) is 0 Å². The molecule has 38 heavy (non-hydrogen) atoms. The summed E-state index contributed by atoms with van der Waals surface area (Å²) in [4.78, 5) is 21.3. The molecule has 4 aromatic rings. The van der Waals surface area contributed by atoms with Gasteiger partial charge < -0.3 is 5.11 Å². The summed E-state index contributed by atoms with van der Waals surface area (Å²) < 4.78 is 74.0. The van der Waals surface area contributed by atoms with Crippen LogP contribution in [0.5, 0.6) is 0 Å². The molecule has 0 fully saturated rings. The van der Waals surface area contributed by atoms with Gasteiger partial charge in [-0.1, -0.05) is 0 Å². The number of halogens is 7. The first-order valence-electron chi connectivity index (χ1n) is 10.7. The zero-order chi connectivity index (χ0) is 28.1. The van der Waals surface area contributed by atoms with E-state index in [9.17, 15) is 26.3 Å². The molecule has 4 heterocycles. The third-order valence-electron chi connectivity index (χ3n) is 5.15. The van der Waals surface area contributed by atoms with Crippen LogP contribution in [-0.4, -0.2) is 35.0 Å². The smallest absolute Gasteiger partial charge is 0.392 e. The Bertz CT molecular complexity index is 1270. The van der Waals surface area contributed by atoms with Crippen molar-refractivity contribution in [2.24, 2.45) is 0 Å². The maximum absolute atomic E-state index is 12.3. The molecule has 4 aromatic heterocycles. The SMILES string of the molecule is Cc1cnc(-c2cnc(C(F)(F)F)nc2)cc1CCl.Cc1cnc(-c2cnc(C(F)(F)F)nc2)cc1CO. The highest BCUT2D eigenvalue weighted by atomic mass is 35.5. The summed E-state index contributed by atoms with van der Waals surface area (Å²) in [5, 5.41) is 9.13. The van der Waals surface area contributed by atoms with E-state index in [-0.39, 0.29) is 6.61 Å². The largest absolute Gasteiger partial charge is 0.451 e. The monoisotopic (exact) mass is 556 g/mol. The van der Waals surface area contributed by atoms with Crippen molar-refractivity contribution in [3.05, 3.63) is 83.2 Å². The van der Waals surface area contributed by atoms with E-state index in [2.05, 4.69) is 29.9 Å². The van der Waals surface area contributed by atoms with E-state index >= 15 is 0 Å². The normalized spacial score (nSPS) is 11.6. The van der Waals surface area contributed by atoms with Gasteiger partial charge in [0.25, 0.3) is 0 Å². The molecular formula is C24H19ClF6N6O. The molecule has 0 radical (unpaired) electrons. The first-order chi connectivity index (χ1) is 17.8. The minimum absolute atomic E-state index is 0.164. The fraction of sp³-hybridized carbons (Fsp3) is 0.250. The predicted molar refractivity (Wildman–Crippen MR) is 125 cm³/mol. The van der Waals surface area contributed by atoms with Gasteiger partial charge in [-0.15, -0.1) is 11.6 Å². The highest BCUT2D eigenvalue weighted by Gasteiger charge is 2.35. The summed E-state index contributed by atoms with van der Waals surface area (Å²) in [7, 11) is 0. The van der Waals surface area contributed by atoms with E-state index in [1.807, 2.05) is 6.92 Å². The van der Waals surface area contributed by atoms with Crippen LogP contribution in [0.15, 0.2) is 49.3 Å². The first kappa shape index (κ1) is 28.9. The zero-order valence-electron chi connectivity index (χ0n) is 19.8. The summed E-state index contributed by atoms with van der Waals surface area (Å²) in [6.07, 6.45) is -1.61. The van der Waals surface area contributed by atoms with Crippen LogP contribution in [0.3, 0.4) is 0 Å². The summed E-state index contributed by atoms with van der Waals surface area (Å²) in [6, 6.07) is 3.32. The molecule has 7 nitrogen and oxygen atoms in total. The Kier molecular flexibility index (Phi) is 8.94. The molecule has 0 unspecified atom stereocenters. The van der Waals surface area contributed by atoms with Gasteiger partial charge >= 0.3 is 12.4 Å². The van der Waals surface area contributed by atoms with E-state index in [4.69, 9.17) is 16.7 Å². The van der Waals surface area contributed by atoms with Gasteiger partial charge in [-0.25, -0.2) is 19.9 Å². The minimum atomic E-state index is -4.56. The van der Waals surface area contributed by atoms with E-state index in [1.54, 1.807) is 31.5 Å². The summed E-state index contributed by atoms with van der Waals surface area (Å²) >= 11 is 5.77. The van der Waals surface area contributed by atoms with Gasteiger partial charge in [-0.3, -0.25) is 9.97 Å². The summed E-state index contributed by atoms with van der Waals surface area (Å²) in [6.45, 7) is 3.48. The number of alkyl halides is 7. The highest BCUT2D eigenvalue weighted by Crippen LogP contribution is 2.28. The lowest BCUT2D eigenvalue weighted by Crippen LogP contribution is -2.10. The molecule has 200 valence electrons. The average molecular weight is 557 g/mol. The molecule has 4 rings (SSSR count). The fourth-order valence-corrected chi connectivity index (χ4v) is 3.26. The number of rotatable bonds is 4. The Hall–Kier alpha value is -3.71. The van der Waals surface area contributed by atoms with Gasteiger partial charge in [0.1, 0.15) is 0 Å². The zero-order valence-corrected chi connectivity index (χ0v) is 20.6. The second-order valence-corrected chi connectivity index (χ2v) is 8.14. The maximum Gasteiger partial charge on any atom is 0.451 e. The number of pyridine rings is 2. The molecule has 0 saturated carbocycles. The molecule has 0 atom stereocenters. The topological polar surface area (TPSA) is 97.6 Å². The number of hydrogen-bond acceptors (Lipinski definition) is 7. The molecule has 0 aliphatic rings. The van der Waals surface area contributed by atoms with Crippen molar-refractivity contribution in [1.29, 1.82) is 0 Å². The van der Waals surface area contributed by atoms with E-state index < -0.39 is 24.0 Å². The second-order valence-electron chi connectivity index (χ2n) is 7.87. The third-order valence-corrected chi connectivity index (χ3v) is 5.43. The van der Waals surface area contributed by atoms with Crippen molar-refractivity contribution < 1.29 is 31.4 Å². The van der Waals surface area contributed by atoms with Crippen molar-refractivity contribution in [3.8, 4) is 22.5 Å². The van der Waals surface area contributed by atoms with Gasteiger partial charge in [-0.2, -0.15) is 26.3 Å². The van der Waals surface area contributed by atoms with E-state index in [1.165, 1.54) is 0 Å². The number of aryl methyl sites for hydroxylation is 2. The van der Waals surface area contributed by atoms with Crippen LogP contribution >= 0.6 is 11.6 Å².